The summed E-state index contributed by atoms with van der Waals surface area (Å²) in [6.45, 7) is 0. The van der Waals surface area contributed by atoms with Gasteiger partial charge >= 0.3 is 0 Å². The molecule has 0 radical (unpaired) electrons. The van der Waals surface area contributed by atoms with E-state index in [1.807, 2.05) is 18.2 Å². The minimum absolute atomic E-state index is 0.410. The van der Waals surface area contributed by atoms with E-state index in [2.05, 4.69) is 30.4 Å². The molecule has 0 saturated heterocycles. The Morgan fingerprint density at radius 3 is 2.83 bits per heavy atom. The van der Waals surface area contributed by atoms with Crippen molar-refractivity contribution in [3.05, 3.63) is 59.9 Å². The molecule has 0 aromatic heterocycles. The second-order valence-corrected chi connectivity index (χ2v) is 2.96. The summed E-state index contributed by atoms with van der Waals surface area (Å²) in [7, 11) is 0. The van der Waals surface area contributed by atoms with Crippen LogP contribution in [0.1, 0.15) is 0 Å². The molecule has 60 valence electrons. The zero-order valence-corrected chi connectivity index (χ0v) is 6.77. The Morgan fingerprint density at radius 2 is 1.92 bits per heavy atom. The summed E-state index contributed by atoms with van der Waals surface area (Å²) in [5.74, 6) is 0.410. The SMILES string of the molecule is NC1=CC=C2C=CC=CC2C=C1. The molecule has 2 aliphatic rings. The fraction of sp³-hybridized carbons (Fsp3) is 0.0909. The van der Waals surface area contributed by atoms with Gasteiger partial charge in [0.25, 0.3) is 0 Å². The average molecular weight is 157 g/mol. The Balaban J connectivity index is 2.39. The summed E-state index contributed by atoms with van der Waals surface area (Å²) in [5, 5.41) is 0. The van der Waals surface area contributed by atoms with Crippen LogP contribution in [0, 0.1) is 5.92 Å². The quantitative estimate of drug-likeness (QED) is 0.572. The van der Waals surface area contributed by atoms with Gasteiger partial charge in [-0.3, -0.25) is 0 Å². The highest BCUT2D eigenvalue weighted by molar-refractivity contribution is 5.42. The molecule has 0 heterocycles. The van der Waals surface area contributed by atoms with Crippen LogP contribution < -0.4 is 5.73 Å². The third kappa shape index (κ3) is 1.26. The van der Waals surface area contributed by atoms with Gasteiger partial charge in [-0.1, -0.05) is 36.5 Å². The molecule has 1 unspecified atom stereocenters. The average Bonchev–Trinajstić information content (AvgIpc) is 2.29. The molecule has 0 saturated carbocycles. The molecular formula is C11H11N. The Kier molecular flexibility index (Phi) is 1.71. The van der Waals surface area contributed by atoms with Crippen LogP contribution in [0.15, 0.2) is 59.9 Å². The van der Waals surface area contributed by atoms with Crippen molar-refractivity contribution in [2.75, 3.05) is 0 Å². The lowest BCUT2D eigenvalue weighted by Crippen LogP contribution is -1.96. The topological polar surface area (TPSA) is 26.0 Å². The monoisotopic (exact) mass is 157 g/mol. The third-order valence-electron chi connectivity index (χ3n) is 2.07. The number of nitrogens with two attached hydrogens (primary N) is 1. The van der Waals surface area contributed by atoms with Gasteiger partial charge < -0.3 is 5.73 Å². The molecule has 0 aromatic rings. The van der Waals surface area contributed by atoms with E-state index >= 15 is 0 Å². The number of fused-ring (bicyclic) bond motifs is 1. The molecule has 1 atom stereocenters. The van der Waals surface area contributed by atoms with Crippen LogP contribution in [0.4, 0.5) is 0 Å². The summed E-state index contributed by atoms with van der Waals surface area (Å²) in [5.41, 5.74) is 7.79. The predicted octanol–water partition coefficient (Wildman–Crippen LogP) is 2.07. The first-order chi connectivity index (χ1) is 5.86. The minimum atomic E-state index is 0.410. The first kappa shape index (κ1) is 7.17. The van der Waals surface area contributed by atoms with Crippen molar-refractivity contribution in [2.45, 2.75) is 0 Å². The number of allylic oxidation sites excluding steroid dienone is 9. The Hall–Kier alpha value is -1.50. The van der Waals surface area contributed by atoms with Gasteiger partial charge in [-0.15, -0.1) is 0 Å². The molecule has 0 aliphatic heterocycles. The lowest BCUT2D eigenvalue weighted by atomic mass is 9.95. The van der Waals surface area contributed by atoms with Gasteiger partial charge in [0.05, 0.1) is 0 Å². The van der Waals surface area contributed by atoms with E-state index in [1.54, 1.807) is 0 Å². The molecule has 1 nitrogen and oxygen atoms in total. The first-order valence-electron chi connectivity index (χ1n) is 4.07. The van der Waals surface area contributed by atoms with Crippen LogP contribution in [0.3, 0.4) is 0 Å². The van der Waals surface area contributed by atoms with Gasteiger partial charge in [-0.25, -0.2) is 0 Å². The maximum absolute atomic E-state index is 5.67. The molecule has 1 heteroatoms. The number of hydrogen-bond acceptors (Lipinski definition) is 1. The van der Waals surface area contributed by atoms with E-state index < -0.39 is 0 Å². The van der Waals surface area contributed by atoms with Gasteiger partial charge in [0.2, 0.25) is 0 Å². The smallest absolute Gasteiger partial charge is 0.0311 e. The van der Waals surface area contributed by atoms with Crippen LogP contribution >= 0.6 is 0 Å². The second kappa shape index (κ2) is 2.86. The Bertz CT molecular complexity index is 327. The fourth-order valence-electron chi connectivity index (χ4n) is 1.38. The van der Waals surface area contributed by atoms with Crippen molar-refractivity contribution in [3.8, 4) is 0 Å². The van der Waals surface area contributed by atoms with Crippen molar-refractivity contribution in [2.24, 2.45) is 11.7 Å². The molecule has 0 spiro atoms. The second-order valence-electron chi connectivity index (χ2n) is 2.96. The van der Waals surface area contributed by atoms with Gasteiger partial charge in [0.1, 0.15) is 0 Å². The van der Waals surface area contributed by atoms with Crippen molar-refractivity contribution < 1.29 is 0 Å². The minimum Gasteiger partial charge on any atom is -0.399 e. The van der Waals surface area contributed by atoms with E-state index in [0.29, 0.717) is 5.92 Å². The summed E-state index contributed by atoms with van der Waals surface area (Å²) >= 11 is 0. The van der Waals surface area contributed by atoms with E-state index in [4.69, 9.17) is 5.73 Å². The fourth-order valence-corrected chi connectivity index (χ4v) is 1.38. The Labute approximate surface area is 72.3 Å². The maximum Gasteiger partial charge on any atom is 0.0311 e. The summed E-state index contributed by atoms with van der Waals surface area (Å²) < 4.78 is 0. The van der Waals surface area contributed by atoms with Crippen molar-refractivity contribution in [1.82, 2.24) is 0 Å². The van der Waals surface area contributed by atoms with Crippen LogP contribution in [0.2, 0.25) is 0 Å². The number of hydrogen-bond donors (Lipinski definition) is 1. The standard InChI is InChI=1S/C11H11N/c12-11-7-5-9-3-1-2-4-10(9)6-8-11/h1-9H,12H2. The molecule has 2 aliphatic carbocycles. The van der Waals surface area contributed by atoms with E-state index in [0.717, 1.165) is 5.70 Å². The lowest BCUT2D eigenvalue weighted by molar-refractivity contribution is 0.997. The molecule has 0 bridgehead atoms. The molecule has 0 fully saturated rings. The predicted molar refractivity (Wildman–Crippen MR) is 51.3 cm³/mol. The highest BCUT2D eigenvalue weighted by atomic mass is 14.6. The van der Waals surface area contributed by atoms with Crippen LogP contribution in [-0.2, 0) is 0 Å². The van der Waals surface area contributed by atoms with Crippen molar-refractivity contribution in [1.29, 1.82) is 0 Å². The maximum atomic E-state index is 5.67. The zero-order chi connectivity index (χ0) is 8.39. The third-order valence-corrected chi connectivity index (χ3v) is 2.07. The van der Waals surface area contributed by atoms with Crippen LogP contribution in [0.5, 0.6) is 0 Å². The molecule has 2 N–H and O–H groups in total. The van der Waals surface area contributed by atoms with Crippen LogP contribution in [-0.4, -0.2) is 0 Å². The molecule has 0 amide bonds. The van der Waals surface area contributed by atoms with Crippen molar-refractivity contribution >= 4 is 0 Å². The molecule has 12 heavy (non-hydrogen) atoms. The number of rotatable bonds is 0. The first-order valence-corrected chi connectivity index (χ1v) is 4.07. The lowest BCUT2D eigenvalue weighted by Gasteiger charge is -2.10. The molecule has 0 aromatic carbocycles. The van der Waals surface area contributed by atoms with E-state index in [9.17, 15) is 0 Å². The molecular weight excluding hydrogens is 146 g/mol. The zero-order valence-electron chi connectivity index (χ0n) is 6.77. The highest BCUT2D eigenvalue weighted by Gasteiger charge is 2.08. The van der Waals surface area contributed by atoms with E-state index in [1.165, 1.54) is 5.57 Å². The van der Waals surface area contributed by atoms with Gasteiger partial charge in [0, 0.05) is 11.6 Å². The van der Waals surface area contributed by atoms with Crippen molar-refractivity contribution in [3.63, 3.8) is 0 Å². The molecule has 2 rings (SSSR count). The van der Waals surface area contributed by atoms with Gasteiger partial charge in [-0.2, -0.15) is 0 Å². The largest absolute Gasteiger partial charge is 0.399 e. The van der Waals surface area contributed by atoms with Gasteiger partial charge in [0.15, 0.2) is 0 Å². The van der Waals surface area contributed by atoms with E-state index in [-0.39, 0.29) is 0 Å². The van der Waals surface area contributed by atoms with Gasteiger partial charge in [-0.05, 0) is 17.7 Å². The summed E-state index contributed by atoms with van der Waals surface area (Å²) in [4.78, 5) is 0. The summed E-state index contributed by atoms with van der Waals surface area (Å²) in [6, 6.07) is 0. The summed E-state index contributed by atoms with van der Waals surface area (Å²) in [6.07, 6.45) is 16.5. The Morgan fingerprint density at radius 1 is 1.00 bits per heavy atom. The van der Waals surface area contributed by atoms with Crippen LogP contribution in [0.25, 0.3) is 0 Å². The highest BCUT2D eigenvalue weighted by Crippen LogP contribution is 2.22. The normalized spacial score (nSPS) is 25.8.